The van der Waals surface area contributed by atoms with Gasteiger partial charge in [-0.3, -0.25) is 9.69 Å². The summed E-state index contributed by atoms with van der Waals surface area (Å²) in [4.78, 5) is 29.9. The van der Waals surface area contributed by atoms with Crippen LogP contribution in [-0.2, 0) is 0 Å². The second-order valence-corrected chi connectivity index (χ2v) is 5.18. The molecule has 1 amide bonds. The Bertz CT molecular complexity index is 613. The van der Waals surface area contributed by atoms with E-state index in [9.17, 15) is 9.59 Å². The van der Waals surface area contributed by atoms with Crippen molar-refractivity contribution in [2.24, 2.45) is 0 Å². The lowest BCUT2D eigenvalue weighted by molar-refractivity contribution is 0.104. The summed E-state index contributed by atoms with van der Waals surface area (Å²) in [7, 11) is 4.75. The maximum atomic E-state index is 12.2. The molecule has 106 valence electrons. The van der Waals surface area contributed by atoms with Crippen molar-refractivity contribution in [3.8, 4) is 6.07 Å². The lowest BCUT2D eigenvalue weighted by Crippen LogP contribution is -2.23. The molecule has 1 rings (SSSR count). The molecule has 1 aromatic heterocycles. The summed E-state index contributed by atoms with van der Waals surface area (Å²) in [5.41, 5.74) is 0.384. The molecule has 0 unspecified atom stereocenters. The third-order valence-corrected chi connectivity index (χ3v) is 3.55. The molecule has 0 spiro atoms. The molecule has 0 aliphatic carbocycles. The molecule has 1 heterocycles. The first-order valence-corrected chi connectivity index (χ1v) is 6.36. The van der Waals surface area contributed by atoms with Gasteiger partial charge in [-0.05, 0) is 6.92 Å². The molecular weight excluding hydrogens is 280 g/mol. The first-order valence-electron chi connectivity index (χ1n) is 5.55. The van der Waals surface area contributed by atoms with E-state index >= 15 is 0 Å². The number of carboxylic acid groups (broad SMARTS) is 1. The number of aryl methyl sites for hydroxylation is 1. The summed E-state index contributed by atoms with van der Waals surface area (Å²) in [5.74, 6) is -0.457. The summed E-state index contributed by atoms with van der Waals surface area (Å²) in [6, 6.07) is 1.84. The molecule has 0 saturated heterocycles. The Morgan fingerprint density at radius 1 is 1.40 bits per heavy atom. The van der Waals surface area contributed by atoms with Gasteiger partial charge in [0, 0.05) is 27.3 Å². The van der Waals surface area contributed by atoms with Crippen molar-refractivity contribution in [1.29, 1.82) is 5.26 Å². The van der Waals surface area contributed by atoms with Gasteiger partial charge in [0.15, 0.2) is 5.13 Å². The van der Waals surface area contributed by atoms with E-state index in [4.69, 9.17) is 10.4 Å². The first-order chi connectivity index (χ1) is 9.27. The highest BCUT2D eigenvalue weighted by Gasteiger charge is 2.22. The predicted molar refractivity (Wildman–Crippen MR) is 75.0 cm³/mol. The zero-order valence-corrected chi connectivity index (χ0v) is 12.4. The highest BCUT2D eigenvalue weighted by Crippen LogP contribution is 2.27. The quantitative estimate of drug-likeness (QED) is 0.516. The minimum Gasteiger partial charge on any atom is -0.465 e. The van der Waals surface area contributed by atoms with Crippen LogP contribution in [0.5, 0.6) is 0 Å². The van der Waals surface area contributed by atoms with Crippen molar-refractivity contribution in [3.63, 3.8) is 0 Å². The van der Waals surface area contributed by atoms with Crippen molar-refractivity contribution >= 4 is 28.3 Å². The number of carbonyl (C=O) groups excluding carboxylic acids is 1. The van der Waals surface area contributed by atoms with E-state index < -0.39 is 11.9 Å². The van der Waals surface area contributed by atoms with Crippen LogP contribution in [0.1, 0.15) is 15.4 Å². The topological polar surface area (TPSA) is 97.5 Å². The Labute approximate surface area is 120 Å². The molecular formula is C12H14N4O3S. The van der Waals surface area contributed by atoms with E-state index in [0.717, 1.165) is 16.2 Å². The fourth-order valence-electron chi connectivity index (χ4n) is 1.34. The zero-order chi connectivity index (χ0) is 15.4. The number of hydrogen-bond donors (Lipinski definition) is 1. The third-order valence-electron chi connectivity index (χ3n) is 2.32. The molecule has 0 radical (unpaired) electrons. The van der Waals surface area contributed by atoms with E-state index in [2.05, 4.69) is 4.98 Å². The number of anilines is 1. The Hall–Kier alpha value is -2.40. The number of aromatic nitrogens is 1. The normalized spacial score (nSPS) is 10.8. The zero-order valence-electron chi connectivity index (χ0n) is 11.5. The fourth-order valence-corrected chi connectivity index (χ4v) is 2.31. The maximum absolute atomic E-state index is 12.2. The minimum atomic E-state index is -1.16. The summed E-state index contributed by atoms with van der Waals surface area (Å²) < 4.78 is 0. The van der Waals surface area contributed by atoms with Gasteiger partial charge in [0.2, 0.25) is 5.78 Å². The van der Waals surface area contributed by atoms with Gasteiger partial charge in [-0.25, -0.2) is 9.78 Å². The number of nitrogens with zero attached hydrogens (tertiary/aromatic N) is 4. The van der Waals surface area contributed by atoms with Crippen LogP contribution in [0.25, 0.3) is 0 Å². The average Bonchev–Trinajstić information content (AvgIpc) is 2.75. The van der Waals surface area contributed by atoms with Crippen LogP contribution in [0.4, 0.5) is 9.93 Å². The van der Waals surface area contributed by atoms with Crippen molar-refractivity contribution in [2.75, 3.05) is 26.0 Å². The number of nitriles is 1. The maximum Gasteiger partial charge on any atom is 0.413 e. The van der Waals surface area contributed by atoms with Gasteiger partial charge in [0.1, 0.15) is 16.5 Å². The highest BCUT2D eigenvalue weighted by atomic mass is 32.1. The second kappa shape index (κ2) is 6.16. The van der Waals surface area contributed by atoms with E-state index in [1.165, 1.54) is 13.2 Å². The van der Waals surface area contributed by atoms with Gasteiger partial charge in [-0.2, -0.15) is 5.26 Å². The van der Waals surface area contributed by atoms with Gasteiger partial charge in [-0.15, -0.1) is 0 Å². The van der Waals surface area contributed by atoms with Crippen LogP contribution < -0.4 is 4.90 Å². The Balaban J connectivity index is 3.19. The van der Waals surface area contributed by atoms with Crippen molar-refractivity contribution in [1.82, 2.24) is 9.88 Å². The smallest absolute Gasteiger partial charge is 0.413 e. The molecule has 1 aromatic rings. The second-order valence-electron chi connectivity index (χ2n) is 4.20. The number of amides is 1. The molecule has 7 nitrogen and oxygen atoms in total. The lowest BCUT2D eigenvalue weighted by Gasteiger charge is -2.07. The number of Topliss-reactive ketones (excluding diaryl/α,β-unsaturated/α-hetero) is 1. The Kier molecular flexibility index (Phi) is 4.83. The molecule has 20 heavy (non-hydrogen) atoms. The van der Waals surface area contributed by atoms with Crippen LogP contribution >= 0.6 is 11.3 Å². The van der Waals surface area contributed by atoms with Crippen LogP contribution in [0.15, 0.2) is 11.8 Å². The van der Waals surface area contributed by atoms with E-state index in [-0.39, 0.29) is 15.6 Å². The number of thiazole rings is 1. The Morgan fingerprint density at radius 3 is 2.45 bits per heavy atom. The number of allylic oxidation sites excluding steroid dienone is 1. The van der Waals surface area contributed by atoms with Crippen molar-refractivity contribution in [3.05, 3.63) is 22.3 Å². The van der Waals surface area contributed by atoms with Crippen LogP contribution in [0, 0.1) is 18.3 Å². The monoisotopic (exact) mass is 294 g/mol. The molecule has 0 saturated carbocycles. The first kappa shape index (κ1) is 15.7. The largest absolute Gasteiger partial charge is 0.465 e. The van der Waals surface area contributed by atoms with E-state index in [1.54, 1.807) is 25.9 Å². The number of hydrogen-bond acceptors (Lipinski definition) is 6. The molecule has 0 aliphatic heterocycles. The molecule has 8 heteroatoms. The van der Waals surface area contributed by atoms with Gasteiger partial charge >= 0.3 is 6.09 Å². The lowest BCUT2D eigenvalue weighted by atomic mass is 10.1. The predicted octanol–water partition coefficient (Wildman–Crippen LogP) is 1.72. The van der Waals surface area contributed by atoms with Gasteiger partial charge in [0.25, 0.3) is 0 Å². The molecule has 0 aliphatic rings. The van der Waals surface area contributed by atoms with Crippen LogP contribution in [-0.4, -0.2) is 48.0 Å². The summed E-state index contributed by atoms with van der Waals surface area (Å²) >= 11 is 0.949. The van der Waals surface area contributed by atoms with Gasteiger partial charge in [-0.1, -0.05) is 11.3 Å². The fraction of sp³-hybridized carbons (Fsp3) is 0.333. The Morgan fingerprint density at radius 2 is 2.00 bits per heavy atom. The third kappa shape index (κ3) is 3.33. The van der Waals surface area contributed by atoms with Gasteiger partial charge in [0.05, 0.1) is 5.69 Å². The molecule has 0 aromatic carbocycles. The molecule has 0 fully saturated rings. The van der Waals surface area contributed by atoms with E-state index in [0.29, 0.717) is 5.69 Å². The van der Waals surface area contributed by atoms with Crippen LogP contribution in [0.2, 0.25) is 0 Å². The highest BCUT2D eigenvalue weighted by molar-refractivity contribution is 7.18. The van der Waals surface area contributed by atoms with Crippen molar-refractivity contribution in [2.45, 2.75) is 6.92 Å². The standard InChI is InChI=1S/C12H14N4O3S/c1-7-10(9(17)8(5-13)6-15(2)3)20-11(14-7)16(4)12(18)19/h6H,1-4H3,(H,18,19)/b8-6+. The summed E-state index contributed by atoms with van der Waals surface area (Å²) in [5, 5.41) is 18.1. The summed E-state index contributed by atoms with van der Waals surface area (Å²) in [6.07, 6.45) is 0.254. The SMILES string of the molecule is Cc1nc(N(C)C(=O)O)sc1C(=O)/C(C#N)=C/N(C)C. The van der Waals surface area contributed by atoms with Gasteiger partial charge < -0.3 is 10.0 Å². The van der Waals surface area contributed by atoms with Crippen LogP contribution in [0.3, 0.4) is 0 Å². The minimum absolute atomic E-state index is 0.0220. The molecule has 0 bridgehead atoms. The summed E-state index contributed by atoms with van der Waals surface area (Å²) in [6.45, 7) is 1.60. The molecule has 0 atom stereocenters. The molecule has 1 N–H and O–H groups in total. The number of rotatable bonds is 4. The van der Waals surface area contributed by atoms with Crippen molar-refractivity contribution < 1.29 is 14.7 Å². The average molecular weight is 294 g/mol. The number of carbonyl (C=O) groups is 2. The number of ketones is 1. The van der Waals surface area contributed by atoms with E-state index in [1.807, 2.05) is 6.07 Å².